The van der Waals surface area contributed by atoms with Crippen LogP contribution < -0.4 is 5.32 Å². The Morgan fingerprint density at radius 3 is 2.50 bits per heavy atom. The van der Waals surface area contributed by atoms with E-state index in [1.807, 2.05) is 36.4 Å². The first-order chi connectivity index (χ1) is 9.72. The van der Waals surface area contributed by atoms with Gasteiger partial charge in [-0.25, -0.2) is 4.39 Å². The highest BCUT2D eigenvalue weighted by atomic mass is 19.1. The minimum absolute atomic E-state index is 0.219. The van der Waals surface area contributed by atoms with Gasteiger partial charge in [-0.15, -0.1) is 0 Å². The second-order valence-electron chi connectivity index (χ2n) is 5.32. The quantitative estimate of drug-likeness (QED) is 0.915. The largest absolute Gasteiger partial charge is 0.382 e. The summed E-state index contributed by atoms with van der Waals surface area (Å²) in [5.41, 5.74) is 1.45. The van der Waals surface area contributed by atoms with E-state index in [9.17, 15) is 9.65 Å². The van der Waals surface area contributed by atoms with Crippen LogP contribution in [0.4, 0.5) is 10.1 Å². The Balaban J connectivity index is 1.70. The molecule has 0 spiro atoms. The number of hydrogen-bond acceptors (Lipinski definition) is 2. The van der Waals surface area contributed by atoms with Gasteiger partial charge >= 0.3 is 0 Å². The Labute approximate surface area is 117 Å². The van der Waals surface area contributed by atoms with Crippen molar-refractivity contribution >= 4 is 5.69 Å². The topological polar surface area (TPSA) is 35.8 Å². The molecule has 2 aromatic rings. The Morgan fingerprint density at radius 1 is 1.10 bits per heavy atom. The number of halogens is 1. The van der Waals surface area contributed by atoms with Crippen LogP contribution in [0, 0.1) is 17.1 Å². The SMILES string of the molecule is N#CC1(c2ccccc2)CC(Nc2cccc(F)c2)C1. The lowest BCUT2D eigenvalue weighted by atomic mass is 9.62. The summed E-state index contributed by atoms with van der Waals surface area (Å²) in [5, 5.41) is 12.8. The number of nitriles is 1. The van der Waals surface area contributed by atoms with E-state index in [0.717, 1.165) is 24.1 Å². The van der Waals surface area contributed by atoms with Crippen molar-refractivity contribution in [1.29, 1.82) is 5.26 Å². The summed E-state index contributed by atoms with van der Waals surface area (Å²) in [6.07, 6.45) is 1.51. The smallest absolute Gasteiger partial charge is 0.125 e. The molecule has 0 saturated heterocycles. The van der Waals surface area contributed by atoms with Crippen molar-refractivity contribution in [3.8, 4) is 6.07 Å². The van der Waals surface area contributed by atoms with Gasteiger partial charge in [0.15, 0.2) is 0 Å². The van der Waals surface area contributed by atoms with Gasteiger partial charge in [-0.2, -0.15) is 5.26 Å². The van der Waals surface area contributed by atoms with Crippen LogP contribution >= 0.6 is 0 Å². The van der Waals surface area contributed by atoms with Crippen molar-refractivity contribution in [1.82, 2.24) is 0 Å². The molecule has 1 N–H and O–H groups in total. The first-order valence-electron chi connectivity index (χ1n) is 6.71. The van der Waals surface area contributed by atoms with Gasteiger partial charge in [-0.05, 0) is 36.6 Å². The van der Waals surface area contributed by atoms with Crippen LogP contribution in [0.25, 0.3) is 0 Å². The minimum Gasteiger partial charge on any atom is -0.382 e. The maximum atomic E-state index is 13.1. The molecule has 3 heteroatoms. The Kier molecular flexibility index (Phi) is 3.15. The highest BCUT2D eigenvalue weighted by molar-refractivity contribution is 5.47. The molecule has 0 atom stereocenters. The van der Waals surface area contributed by atoms with E-state index in [1.54, 1.807) is 6.07 Å². The highest BCUT2D eigenvalue weighted by Gasteiger charge is 2.46. The van der Waals surface area contributed by atoms with Crippen molar-refractivity contribution in [3.05, 3.63) is 66.0 Å². The van der Waals surface area contributed by atoms with Crippen LogP contribution in [-0.4, -0.2) is 6.04 Å². The standard InChI is InChI=1S/C17H15FN2/c18-14-7-4-8-15(9-14)20-16-10-17(11-16,12-19)13-5-2-1-3-6-13/h1-9,16,20H,10-11H2. The lowest BCUT2D eigenvalue weighted by molar-refractivity contribution is 0.289. The Morgan fingerprint density at radius 2 is 1.85 bits per heavy atom. The molecule has 0 aromatic heterocycles. The van der Waals surface area contributed by atoms with Crippen molar-refractivity contribution in [2.24, 2.45) is 0 Å². The van der Waals surface area contributed by atoms with E-state index >= 15 is 0 Å². The van der Waals surface area contributed by atoms with Crippen molar-refractivity contribution in [2.45, 2.75) is 24.3 Å². The molecule has 1 fully saturated rings. The molecule has 2 aromatic carbocycles. The van der Waals surface area contributed by atoms with Crippen LogP contribution in [0.2, 0.25) is 0 Å². The zero-order valence-corrected chi connectivity index (χ0v) is 11.0. The first kappa shape index (κ1) is 12.7. The summed E-state index contributed by atoms with van der Waals surface area (Å²) in [5.74, 6) is -0.246. The molecule has 1 saturated carbocycles. The Hall–Kier alpha value is -2.34. The maximum absolute atomic E-state index is 13.1. The number of nitrogens with zero attached hydrogens (tertiary/aromatic N) is 1. The lowest BCUT2D eigenvalue weighted by Crippen LogP contribution is -2.47. The van der Waals surface area contributed by atoms with Crippen LogP contribution in [0.3, 0.4) is 0 Å². The molecule has 0 heterocycles. The summed E-state index contributed by atoms with van der Waals surface area (Å²) in [4.78, 5) is 0. The van der Waals surface area contributed by atoms with Gasteiger partial charge in [0.25, 0.3) is 0 Å². The number of hydrogen-bond donors (Lipinski definition) is 1. The fourth-order valence-corrected chi connectivity index (χ4v) is 2.85. The molecule has 3 rings (SSSR count). The fraction of sp³-hybridized carbons (Fsp3) is 0.235. The molecule has 0 radical (unpaired) electrons. The maximum Gasteiger partial charge on any atom is 0.125 e. The van der Waals surface area contributed by atoms with Crippen LogP contribution in [-0.2, 0) is 5.41 Å². The van der Waals surface area contributed by atoms with Gasteiger partial charge in [0.2, 0.25) is 0 Å². The van der Waals surface area contributed by atoms with Crippen molar-refractivity contribution < 1.29 is 4.39 Å². The number of anilines is 1. The molecule has 0 aliphatic heterocycles. The predicted molar refractivity (Wildman–Crippen MR) is 76.8 cm³/mol. The highest BCUT2D eigenvalue weighted by Crippen LogP contribution is 2.44. The molecular weight excluding hydrogens is 251 g/mol. The van der Waals surface area contributed by atoms with E-state index in [-0.39, 0.29) is 11.9 Å². The van der Waals surface area contributed by atoms with Crippen molar-refractivity contribution in [3.63, 3.8) is 0 Å². The van der Waals surface area contributed by atoms with Crippen LogP contribution in [0.1, 0.15) is 18.4 Å². The zero-order chi connectivity index (χ0) is 14.0. The summed E-state index contributed by atoms with van der Waals surface area (Å²) in [6, 6.07) is 19.0. The van der Waals surface area contributed by atoms with Gasteiger partial charge in [0, 0.05) is 11.7 Å². The second-order valence-corrected chi connectivity index (χ2v) is 5.32. The normalized spacial score (nSPS) is 24.5. The molecular formula is C17H15FN2. The van der Waals surface area contributed by atoms with E-state index in [4.69, 9.17) is 0 Å². The number of rotatable bonds is 3. The average Bonchev–Trinajstić information content (AvgIpc) is 2.43. The third-order valence-corrected chi connectivity index (χ3v) is 3.93. The second kappa shape index (κ2) is 4.97. The molecule has 0 unspecified atom stereocenters. The zero-order valence-electron chi connectivity index (χ0n) is 11.0. The molecule has 1 aliphatic carbocycles. The molecule has 0 amide bonds. The third-order valence-electron chi connectivity index (χ3n) is 3.93. The summed E-state index contributed by atoms with van der Waals surface area (Å²) < 4.78 is 13.1. The monoisotopic (exact) mass is 266 g/mol. The molecule has 20 heavy (non-hydrogen) atoms. The van der Waals surface area contributed by atoms with Gasteiger partial charge in [-0.3, -0.25) is 0 Å². The lowest BCUT2D eigenvalue weighted by Gasteiger charge is -2.43. The predicted octanol–water partition coefficient (Wildman–Crippen LogP) is 3.86. The Bertz CT molecular complexity index is 640. The molecule has 2 nitrogen and oxygen atoms in total. The molecule has 1 aliphatic rings. The fourth-order valence-electron chi connectivity index (χ4n) is 2.85. The summed E-state index contributed by atoms with van der Waals surface area (Å²) >= 11 is 0. The van der Waals surface area contributed by atoms with E-state index in [2.05, 4.69) is 11.4 Å². The van der Waals surface area contributed by atoms with Crippen LogP contribution in [0.15, 0.2) is 54.6 Å². The summed E-state index contributed by atoms with van der Waals surface area (Å²) in [6.45, 7) is 0. The van der Waals surface area contributed by atoms with Gasteiger partial charge in [0.05, 0.1) is 11.5 Å². The van der Waals surface area contributed by atoms with Crippen molar-refractivity contribution in [2.75, 3.05) is 5.32 Å². The summed E-state index contributed by atoms with van der Waals surface area (Å²) in [7, 11) is 0. The van der Waals surface area contributed by atoms with Crippen LogP contribution in [0.5, 0.6) is 0 Å². The minimum atomic E-state index is -0.397. The van der Waals surface area contributed by atoms with Gasteiger partial charge in [-0.1, -0.05) is 36.4 Å². The first-order valence-corrected chi connectivity index (χ1v) is 6.71. The number of benzene rings is 2. The van der Waals surface area contributed by atoms with Gasteiger partial charge < -0.3 is 5.32 Å². The van der Waals surface area contributed by atoms with E-state index in [1.165, 1.54) is 12.1 Å². The third kappa shape index (κ3) is 2.25. The average molecular weight is 266 g/mol. The van der Waals surface area contributed by atoms with E-state index < -0.39 is 5.41 Å². The van der Waals surface area contributed by atoms with E-state index in [0.29, 0.717) is 0 Å². The molecule has 100 valence electrons. The van der Waals surface area contributed by atoms with Gasteiger partial charge in [0.1, 0.15) is 5.82 Å². The molecule has 0 bridgehead atoms. The number of nitrogens with one attached hydrogen (secondary N) is 1.